The zero-order valence-electron chi connectivity index (χ0n) is 12.8. The molecular weight excluding hydrogens is 320 g/mol. The highest BCUT2D eigenvalue weighted by molar-refractivity contribution is 9.10. The number of halogens is 1. The Bertz CT molecular complexity index is 449. The SMILES string of the molecule is CCNC(Cc1c(Br)c(C)nn1C)C1CN(C)CCO1. The maximum Gasteiger partial charge on any atom is 0.0858 e. The van der Waals surface area contributed by atoms with Gasteiger partial charge < -0.3 is 15.0 Å². The lowest BCUT2D eigenvalue weighted by Crippen LogP contribution is -2.52. The van der Waals surface area contributed by atoms with E-state index in [1.807, 2.05) is 18.7 Å². The van der Waals surface area contributed by atoms with Gasteiger partial charge in [-0.2, -0.15) is 5.10 Å². The van der Waals surface area contributed by atoms with Crippen LogP contribution >= 0.6 is 15.9 Å². The minimum absolute atomic E-state index is 0.232. The summed E-state index contributed by atoms with van der Waals surface area (Å²) in [5.41, 5.74) is 2.27. The molecule has 0 bridgehead atoms. The maximum atomic E-state index is 5.97. The molecule has 0 amide bonds. The van der Waals surface area contributed by atoms with Crippen molar-refractivity contribution in [2.24, 2.45) is 7.05 Å². The monoisotopic (exact) mass is 344 g/mol. The van der Waals surface area contributed by atoms with Crippen LogP contribution in [0.4, 0.5) is 0 Å². The Morgan fingerprint density at radius 2 is 2.25 bits per heavy atom. The Balaban J connectivity index is 2.12. The van der Waals surface area contributed by atoms with E-state index in [0.29, 0.717) is 6.04 Å². The van der Waals surface area contributed by atoms with Crippen LogP contribution in [0.2, 0.25) is 0 Å². The fraction of sp³-hybridized carbons (Fsp3) is 0.786. The van der Waals surface area contributed by atoms with Crippen LogP contribution in [0.15, 0.2) is 4.47 Å². The van der Waals surface area contributed by atoms with Gasteiger partial charge in [0.1, 0.15) is 0 Å². The van der Waals surface area contributed by atoms with Gasteiger partial charge in [-0.05, 0) is 36.4 Å². The fourth-order valence-electron chi connectivity index (χ4n) is 2.76. The van der Waals surface area contributed by atoms with Crippen molar-refractivity contribution in [2.45, 2.75) is 32.4 Å². The average Bonchev–Trinajstić information content (AvgIpc) is 2.64. The Hall–Kier alpha value is -0.430. The van der Waals surface area contributed by atoms with Gasteiger partial charge in [0.2, 0.25) is 0 Å². The van der Waals surface area contributed by atoms with E-state index in [4.69, 9.17) is 4.74 Å². The Morgan fingerprint density at radius 1 is 1.50 bits per heavy atom. The van der Waals surface area contributed by atoms with Gasteiger partial charge >= 0.3 is 0 Å². The number of ether oxygens (including phenoxy) is 1. The van der Waals surface area contributed by atoms with Crippen LogP contribution in [0.5, 0.6) is 0 Å². The highest BCUT2D eigenvalue weighted by Crippen LogP contribution is 2.23. The first-order chi connectivity index (χ1) is 9.52. The second kappa shape index (κ2) is 7.02. The van der Waals surface area contributed by atoms with Crippen molar-refractivity contribution in [1.29, 1.82) is 0 Å². The molecule has 1 aliphatic heterocycles. The van der Waals surface area contributed by atoms with E-state index in [-0.39, 0.29) is 6.10 Å². The van der Waals surface area contributed by atoms with E-state index in [2.05, 4.69) is 45.2 Å². The number of nitrogens with one attached hydrogen (secondary N) is 1. The second-order valence-electron chi connectivity index (χ2n) is 5.51. The third kappa shape index (κ3) is 3.61. The molecule has 2 rings (SSSR count). The van der Waals surface area contributed by atoms with E-state index in [1.165, 1.54) is 5.69 Å². The lowest BCUT2D eigenvalue weighted by atomic mass is 10.0. The minimum Gasteiger partial charge on any atom is -0.374 e. The molecular formula is C14H25BrN4O. The van der Waals surface area contributed by atoms with E-state index in [9.17, 15) is 0 Å². The van der Waals surface area contributed by atoms with Crippen molar-refractivity contribution >= 4 is 15.9 Å². The summed E-state index contributed by atoms with van der Waals surface area (Å²) in [5, 5.41) is 8.05. The van der Waals surface area contributed by atoms with Gasteiger partial charge in [-0.1, -0.05) is 6.92 Å². The van der Waals surface area contributed by atoms with Crippen molar-refractivity contribution in [2.75, 3.05) is 33.3 Å². The lowest BCUT2D eigenvalue weighted by Gasteiger charge is -2.35. The molecule has 0 spiro atoms. The molecule has 2 atom stereocenters. The topological polar surface area (TPSA) is 42.3 Å². The van der Waals surface area contributed by atoms with Gasteiger partial charge in [-0.3, -0.25) is 4.68 Å². The summed E-state index contributed by atoms with van der Waals surface area (Å²) in [6.45, 7) is 7.93. The standard InChI is InChI=1S/C14H25BrN4O/c1-5-16-11(13-9-18(3)6-7-20-13)8-12-14(15)10(2)17-19(12)4/h11,13,16H,5-9H2,1-4H3. The molecule has 114 valence electrons. The summed E-state index contributed by atoms with van der Waals surface area (Å²) in [4.78, 5) is 2.34. The molecule has 1 saturated heterocycles. The number of hydrogen-bond acceptors (Lipinski definition) is 4. The average molecular weight is 345 g/mol. The first-order valence-electron chi connectivity index (χ1n) is 7.24. The number of aromatic nitrogens is 2. The second-order valence-corrected chi connectivity index (χ2v) is 6.30. The molecule has 1 aromatic rings. The molecule has 2 unspecified atom stereocenters. The molecule has 6 heteroatoms. The normalized spacial score (nSPS) is 22.1. The molecule has 0 saturated carbocycles. The molecule has 0 aliphatic carbocycles. The summed E-state index contributed by atoms with van der Waals surface area (Å²) >= 11 is 3.65. The van der Waals surface area contributed by atoms with Crippen LogP contribution < -0.4 is 5.32 Å². The third-order valence-corrected chi connectivity index (χ3v) is 4.92. The molecule has 0 aromatic carbocycles. The van der Waals surface area contributed by atoms with Gasteiger partial charge in [-0.15, -0.1) is 0 Å². The van der Waals surface area contributed by atoms with Crippen LogP contribution in [0.1, 0.15) is 18.3 Å². The highest BCUT2D eigenvalue weighted by atomic mass is 79.9. The van der Waals surface area contributed by atoms with Crippen molar-refractivity contribution in [3.8, 4) is 0 Å². The Morgan fingerprint density at radius 3 is 2.80 bits per heavy atom. The Labute approximate surface area is 129 Å². The number of aryl methyl sites for hydroxylation is 2. The van der Waals surface area contributed by atoms with Crippen LogP contribution in [0.25, 0.3) is 0 Å². The highest BCUT2D eigenvalue weighted by Gasteiger charge is 2.28. The molecule has 0 radical (unpaired) electrons. The molecule has 1 aliphatic rings. The molecule has 1 fully saturated rings. The van der Waals surface area contributed by atoms with Crippen LogP contribution in [-0.4, -0.2) is 60.1 Å². The van der Waals surface area contributed by atoms with E-state index in [1.54, 1.807) is 0 Å². The number of morpholine rings is 1. The summed E-state index contributed by atoms with van der Waals surface area (Å²) in [6, 6.07) is 0.314. The first kappa shape index (κ1) is 15.9. The fourth-order valence-corrected chi connectivity index (χ4v) is 3.26. The van der Waals surface area contributed by atoms with Crippen LogP contribution in [-0.2, 0) is 18.2 Å². The van der Waals surface area contributed by atoms with Gasteiger partial charge in [0.15, 0.2) is 0 Å². The summed E-state index contributed by atoms with van der Waals surface area (Å²) in [7, 11) is 4.16. The van der Waals surface area contributed by atoms with E-state index < -0.39 is 0 Å². The lowest BCUT2D eigenvalue weighted by molar-refractivity contribution is -0.0384. The quantitative estimate of drug-likeness (QED) is 0.875. The maximum absolute atomic E-state index is 5.97. The summed E-state index contributed by atoms with van der Waals surface area (Å²) < 4.78 is 9.06. The van der Waals surface area contributed by atoms with Gasteiger partial charge in [0.05, 0.1) is 28.6 Å². The van der Waals surface area contributed by atoms with E-state index >= 15 is 0 Å². The van der Waals surface area contributed by atoms with Crippen molar-refractivity contribution in [3.63, 3.8) is 0 Å². The summed E-state index contributed by atoms with van der Waals surface area (Å²) in [5.74, 6) is 0. The number of hydrogen-bond donors (Lipinski definition) is 1. The number of rotatable bonds is 5. The van der Waals surface area contributed by atoms with Gasteiger partial charge in [0.25, 0.3) is 0 Å². The smallest absolute Gasteiger partial charge is 0.0858 e. The largest absolute Gasteiger partial charge is 0.374 e. The summed E-state index contributed by atoms with van der Waals surface area (Å²) in [6.07, 6.45) is 1.15. The molecule has 5 nitrogen and oxygen atoms in total. The zero-order valence-corrected chi connectivity index (χ0v) is 14.4. The molecule has 2 heterocycles. The molecule has 20 heavy (non-hydrogen) atoms. The first-order valence-corrected chi connectivity index (χ1v) is 8.03. The van der Waals surface area contributed by atoms with Crippen molar-refractivity contribution < 1.29 is 4.74 Å². The van der Waals surface area contributed by atoms with Crippen LogP contribution in [0.3, 0.4) is 0 Å². The Kier molecular flexibility index (Phi) is 5.60. The van der Waals surface area contributed by atoms with E-state index in [0.717, 1.165) is 42.8 Å². The number of nitrogens with zero attached hydrogens (tertiary/aromatic N) is 3. The zero-order chi connectivity index (χ0) is 14.7. The molecule has 1 aromatic heterocycles. The van der Waals surface area contributed by atoms with Crippen molar-refractivity contribution in [1.82, 2.24) is 20.0 Å². The molecule has 1 N–H and O–H groups in total. The third-order valence-electron chi connectivity index (χ3n) is 3.89. The minimum atomic E-state index is 0.232. The van der Waals surface area contributed by atoms with Gasteiger partial charge in [-0.25, -0.2) is 0 Å². The predicted molar refractivity (Wildman–Crippen MR) is 84.1 cm³/mol. The van der Waals surface area contributed by atoms with Crippen LogP contribution in [0, 0.1) is 6.92 Å². The van der Waals surface area contributed by atoms with Gasteiger partial charge in [0, 0.05) is 32.6 Å². The predicted octanol–water partition coefficient (Wildman–Crippen LogP) is 1.34. The van der Waals surface area contributed by atoms with Crippen molar-refractivity contribution in [3.05, 3.63) is 15.9 Å². The number of likely N-dealkylation sites (N-methyl/N-ethyl adjacent to an activating group) is 2.